The van der Waals surface area contributed by atoms with Gasteiger partial charge in [-0.05, 0) is 0 Å². The van der Waals surface area contributed by atoms with Gasteiger partial charge in [-0.25, -0.2) is 0 Å². The summed E-state index contributed by atoms with van der Waals surface area (Å²) in [5.41, 5.74) is 0. The van der Waals surface area contributed by atoms with Crippen LogP contribution in [0.25, 0.3) is 0 Å². The van der Waals surface area contributed by atoms with E-state index >= 15 is 0 Å². The predicted molar refractivity (Wildman–Crippen MR) is 3.61 cm³/mol. The third-order valence-corrected chi connectivity index (χ3v) is 0. The Morgan fingerprint density at radius 2 is 1.00 bits per heavy atom. The fourth-order valence-corrected chi connectivity index (χ4v) is 0. The van der Waals surface area contributed by atoms with Gasteiger partial charge in [-0.2, -0.15) is 0 Å². The molecule has 2 N–H and O–H groups in total. The first kappa shape index (κ1) is 46.4. The molecule has 0 amide bonds. The Morgan fingerprint density at radius 3 is 1.00 bits per heavy atom. The minimum atomic E-state index is 0. The Hall–Kier alpha value is 1.60. The Bertz CT molecular complexity index is 8.00. The van der Waals surface area contributed by atoms with Crippen molar-refractivity contribution in [1.82, 2.24) is 0 Å². The zero-order valence-corrected chi connectivity index (χ0v) is 6.94. The van der Waals surface area contributed by atoms with Gasteiger partial charge in [0.25, 0.3) is 0 Å². The van der Waals surface area contributed by atoms with Crippen molar-refractivity contribution >= 4 is 0 Å². The molecule has 0 aliphatic rings. The van der Waals surface area contributed by atoms with Gasteiger partial charge < -0.3 is 5.48 Å². The quantitative estimate of drug-likeness (QED) is 0.455. The van der Waals surface area contributed by atoms with Gasteiger partial charge in [0, 0.05) is 53.0 Å². The van der Waals surface area contributed by atoms with Crippen LogP contribution in [0.3, 0.4) is 0 Å². The minimum absolute atomic E-state index is 0. The summed E-state index contributed by atoms with van der Waals surface area (Å²) in [7, 11) is 0. The molecule has 4 heavy (non-hydrogen) atoms. The second-order valence-corrected chi connectivity index (χ2v) is 0. The van der Waals surface area contributed by atoms with E-state index in [9.17, 15) is 0 Å². The van der Waals surface area contributed by atoms with Crippen molar-refractivity contribution < 1.29 is 58.5 Å². The van der Waals surface area contributed by atoms with Crippen LogP contribution in [0.1, 0.15) is 0 Å². The Balaban J connectivity index is 0. The summed E-state index contributed by atoms with van der Waals surface area (Å²) >= 11 is 0. The smallest absolute Gasteiger partial charge is 0 e. The maximum Gasteiger partial charge on any atom is 0 e. The van der Waals surface area contributed by atoms with Crippen LogP contribution >= 0.6 is 0 Å². The van der Waals surface area contributed by atoms with Crippen molar-refractivity contribution in [2.45, 2.75) is 0 Å². The normalized spacial score (nSPS) is 0. The zero-order chi connectivity index (χ0) is 0. The van der Waals surface area contributed by atoms with Crippen LogP contribution in [0.15, 0.2) is 0 Å². The van der Waals surface area contributed by atoms with Gasteiger partial charge in [0.2, 0.25) is 0 Å². The minimum Gasteiger partial charge on any atom is -0.412 e. The van der Waals surface area contributed by atoms with E-state index in [4.69, 9.17) is 0 Å². The number of rotatable bonds is 0. The summed E-state index contributed by atoms with van der Waals surface area (Å²) in [6, 6.07) is 0. The van der Waals surface area contributed by atoms with Gasteiger partial charge in [0.15, 0.2) is 0 Å². The second-order valence-electron chi connectivity index (χ2n) is 0. The summed E-state index contributed by atoms with van der Waals surface area (Å²) < 4.78 is 0. The van der Waals surface area contributed by atoms with Crippen molar-refractivity contribution in [3.8, 4) is 0 Å². The molecule has 0 aromatic heterocycles. The summed E-state index contributed by atoms with van der Waals surface area (Å²) in [5, 5.41) is 0. The molecule has 0 bridgehead atoms. The SMILES string of the molecule is O.[Fe].[Ni].[Zn]. The molecule has 0 aliphatic heterocycles. The first-order valence-electron chi connectivity index (χ1n) is 0. The van der Waals surface area contributed by atoms with Gasteiger partial charge in [0.05, 0.1) is 0 Å². The predicted octanol–water partition coefficient (Wildman–Crippen LogP) is -0.832. The van der Waals surface area contributed by atoms with Crippen molar-refractivity contribution in [3.05, 3.63) is 0 Å². The van der Waals surface area contributed by atoms with Crippen LogP contribution < -0.4 is 0 Å². The molecule has 0 saturated carbocycles. The Labute approximate surface area is 58.4 Å². The maximum absolute atomic E-state index is 0. The molecular formula is H2FeNiOZn. The van der Waals surface area contributed by atoms with Crippen molar-refractivity contribution in [1.29, 1.82) is 0 Å². The van der Waals surface area contributed by atoms with Crippen LogP contribution in [-0.4, -0.2) is 5.48 Å². The average Bonchev–Trinajstić information content (AvgIpc) is 0. The zero-order valence-electron chi connectivity index (χ0n) is 1.88. The molecule has 0 saturated heterocycles. The van der Waals surface area contributed by atoms with Gasteiger partial charge in [-0.1, -0.05) is 0 Å². The summed E-state index contributed by atoms with van der Waals surface area (Å²) in [6.07, 6.45) is 0. The van der Waals surface area contributed by atoms with Crippen molar-refractivity contribution in [3.63, 3.8) is 0 Å². The fourth-order valence-electron chi connectivity index (χ4n) is 0. The van der Waals surface area contributed by atoms with Crippen molar-refractivity contribution in [2.24, 2.45) is 0 Å². The molecule has 0 aromatic carbocycles. The van der Waals surface area contributed by atoms with Crippen LogP contribution in [0.5, 0.6) is 0 Å². The Kier molecular flexibility index (Phi) is 271. The van der Waals surface area contributed by atoms with E-state index in [0.717, 1.165) is 0 Å². The summed E-state index contributed by atoms with van der Waals surface area (Å²) in [5.74, 6) is 0. The van der Waals surface area contributed by atoms with Gasteiger partial charge in [-0.3, -0.25) is 0 Å². The molecule has 4 heteroatoms. The second kappa shape index (κ2) is 23.3. The molecule has 0 atom stereocenters. The van der Waals surface area contributed by atoms with Crippen molar-refractivity contribution in [2.75, 3.05) is 0 Å². The van der Waals surface area contributed by atoms with Gasteiger partial charge in [-0.15, -0.1) is 0 Å². The fraction of sp³-hybridized carbons (Fsp3) is 0. The molecule has 0 heterocycles. The molecule has 0 unspecified atom stereocenters. The molecule has 0 aliphatic carbocycles. The number of hydrogen-bond acceptors (Lipinski definition) is 0. The molecule has 0 radical (unpaired) electrons. The van der Waals surface area contributed by atoms with Crippen LogP contribution in [0.4, 0.5) is 0 Å². The van der Waals surface area contributed by atoms with E-state index < -0.39 is 0 Å². The largest absolute Gasteiger partial charge is 0.412 e. The molecule has 28 valence electrons. The monoisotopic (exact) mass is 196 g/mol. The average molecular weight is 198 g/mol. The van der Waals surface area contributed by atoms with Crippen LogP contribution in [0, 0.1) is 0 Å². The topological polar surface area (TPSA) is 31.5 Å². The molecule has 1 nitrogen and oxygen atoms in total. The van der Waals surface area contributed by atoms with Crippen LogP contribution in [0.2, 0.25) is 0 Å². The third kappa shape index (κ3) is 9.51. The number of hydrogen-bond donors (Lipinski definition) is 0. The molecule has 0 aromatic rings. The van der Waals surface area contributed by atoms with E-state index in [1.807, 2.05) is 0 Å². The Morgan fingerprint density at radius 1 is 1.00 bits per heavy atom. The van der Waals surface area contributed by atoms with Gasteiger partial charge in [0.1, 0.15) is 0 Å². The molecule has 0 fully saturated rings. The summed E-state index contributed by atoms with van der Waals surface area (Å²) in [6.45, 7) is 0. The third-order valence-electron chi connectivity index (χ3n) is 0. The van der Waals surface area contributed by atoms with E-state index in [-0.39, 0.29) is 58.5 Å². The van der Waals surface area contributed by atoms with E-state index in [0.29, 0.717) is 0 Å². The molecular weight excluding hydrogens is 196 g/mol. The molecule has 0 rings (SSSR count). The molecule has 0 spiro atoms. The first-order chi connectivity index (χ1) is 0. The summed E-state index contributed by atoms with van der Waals surface area (Å²) in [4.78, 5) is 0. The van der Waals surface area contributed by atoms with Gasteiger partial charge >= 0.3 is 0 Å². The maximum atomic E-state index is 0. The van der Waals surface area contributed by atoms with E-state index in [1.54, 1.807) is 0 Å². The van der Waals surface area contributed by atoms with E-state index in [1.165, 1.54) is 0 Å². The standard InChI is InChI=1S/Fe.Ni.H2O.Zn/h;;1H2;. The first-order valence-corrected chi connectivity index (χ1v) is 0. The van der Waals surface area contributed by atoms with E-state index in [2.05, 4.69) is 0 Å². The van der Waals surface area contributed by atoms with Crippen LogP contribution in [-0.2, 0) is 53.0 Å².